The van der Waals surface area contributed by atoms with Crippen LogP contribution in [0.1, 0.15) is 19.4 Å². The maximum absolute atomic E-state index is 11.3. The molecule has 0 aliphatic carbocycles. The van der Waals surface area contributed by atoms with Crippen LogP contribution >= 0.6 is 0 Å². The van der Waals surface area contributed by atoms with Gasteiger partial charge in [-0.15, -0.1) is 0 Å². The van der Waals surface area contributed by atoms with Gasteiger partial charge < -0.3 is 15.5 Å². The Morgan fingerprint density at radius 3 is 2.85 bits per heavy atom. The van der Waals surface area contributed by atoms with Crippen molar-refractivity contribution in [2.75, 3.05) is 0 Å². The molecule has 0 aliphatic rings. The van der Waals surface area contributed by atoms with Gasteiger partial charge in [0.05, 0.1) is 18.1 Å². The molecule has 3 N–H and O–H groups in total. The largest absolute Gasteiger partial charge is 0.472 e. The van der Waals surface area contributed by atoms with Gasteiger partial charge >= 0.3 is 0 Å². The minimum atomic E-state index is -0.830. The van der Waals surface area contributed by atoms with E-state index in [9.17, 15) is 4.79 Å². The van der Waals surface area contributed by atoms with Crippen LogP contribution < -0.4 is 11.1 Å². The number of hydrogen-bond acceptors (Lipinski definition) is 3. The first kappa shape index (κ1) is 9.80. The van der Waals surface area contributed by atoms with Crippen LogP contribution in [0.4, 0.5) is 0 Å². The quantitative estimate of drug-likeness (QED) is 0.720. The maximum Gasteiger partial charge on any atom is 0.239 e. The molecule has 1 heterocycles. The topological polar surface area (TPSA) is 68.3 Å². The molecule has 13 heavy (non-hydrogen) atoms. The Hall–Kier alpha value is -1.29. The van der Waals surface area contributed by atoms with Gasteiger partial charge in [0.25, 0.3) is 0 Å². The first-order valence-electron chi connectivity index (χ1n) is 4.08. The molecule has 4 nitrogen and oxygen atoms in total. The Morgan fingerprint density at radius 2 is 2.38 bits per heavy atom. The number of nitrogens with one attached hydrogen (secondary N) is 1. The van der Waals surface area contributed by atoms with Crippen LogP contribution in [0.3, 0.4) is 0 Å². The van der Waals surface area contributed by atoms with Gasteiger partial charge in [0.2, 0.25) is 5.91 Å². The Bertz CT molecular complexity index is 272. The van der Waals surface area contributed by atoms with Crippen molar-refractivity contribution < 1.29 is 9.21 Å². The van der Waals surface area contributed by atoms with E-state index in [1.165, 1.54) is 0 Å². The van der Waals surface area contributed by atoms with Crippen LogP contribution in [0, 0.1) is 0 Å². The molecule has 0 spiro atoms. The summed E-state index contributed by atoms with van der Waals surface area (Å²) in [6.45, 7) is 3.78. The van der Waals surface area contributed by atoms with E-state index >= 15 is 0 Å². The average molecular weight is 182 g/mol. The standard InChI is InChI=1S/C9H14N2O2/c1-9(2,10)8(12)11-5-7-3-4-13-6-7/h3-4,6H,5,10H2,1-2H3,(H,11,12). The second-order valence-electron chi connectivity index (χ2n) is 3.54. The fourth-order valence-corrected chi connectivity index (χ4v) is 0.803. The Morgan fingerprint density at radius 1 is 1.69 bits per heavy atom. The van der Waals surface area contributed by atoms with E-state index in [1.54, 1.807) is 32.4 Å². The number of amides is 1. The molecule has 0 aromatic carbocycles. The van der Waals surface area contributed by atoms with Gasteiger partial charge in [-0.3, -0.25) is 4.79 Å². The van der Waals surface area contributed by atoms with Crippen molar-refractivity contribution in [1.82, 2.24) is 5.32 Å². The average Bonchev–Trinajstić information content (AvgIpc) is 2.50. The molecule has 0 fully saturated rings. The normalized spacial score (nSPS) is 11.3. The summed E-state index contributed by atoms with van der Waals surface area (Å²) in [5, 5.41) is 2.70. The predicted molar refractivity (Wildman–Crippen MR) is 48.8 cm³/mol. The predicted octanol–water partition coefficient (Wildman–Crippen LogP) is 0.633. The van der Waals surface area contributed by atoms with E-state index < -0.39 is 5.54 Å². The molecule has 4 heteroatoms. The SMILES string of the molecule is CC(C)(N)C(=O)NCc1ccoc1. The molecule has 0 atom stereocenters. The Kier molecular flexibility index (Phi) is 2.72. The van der Waals surface area contributed by atoms with Crippen LogP contribution in [0.5, 0.6) is 0 Å². The number of rotatable bonds is 3. The lowest BCUT2D eigenvalue weighted by Gasteiger charge is -2.17. The van der Waals surface area contributed by atoms with E-state index in [-0.39, 0.29) is 5.91 Å². The van der Waals surface area contributed by atoms with Gasteiger partial charge in [-0.05, 0) is 19.9 Å². The molecule has 0 saturated carbocycles. The molecule has 0 radical (unpaired) electrons. The third kappa shape index (κ3) is 2.91. The summed E-state index contributed by atoms with van der Waals surface area (Å²) in [7, 11) is 0. The molecular weight excluding hydrogens is 168 g/mol. The Labute approximate surface area is 77.1 Å². The summed E-state index contributed by atoms with van der Waals surface area (Å²) in [6.07, 6.45) is 3.15. The van der Waals surface area contributed by atoms with Crippen molar-refractivity contribution in [3.8, 4) is 0 Å². The second kappa shape index (κ2) is 3.62. The lowest BCUT2D eigenvalue weighted by Crippen LogP contribution is -2.48. The number of furan rings is 1. The van der Waals surface area contributed by atoms with Gasteiger partial charge in [-0.25, -0.2) is 0 Å². The van der Waals surface area contributed by atoms with Crippen molar-refractivity contribution in [1.29, 1.82) is 0 Å². The monoisotopic (exact) mass is 182 g/mol. The Balaban J connectivity index is 2.40. The zero-order valence-corrected chi connectivity index (χ0v) is 7.83. The van der Waals surface area contributed by atoms with Crippen LogP contribution in [0.15, 0.2) is 23.0 Å². The zero-order valence-electron chi connectivity index (χ0n) is 7.83. The second-order valence-corrected chi connectivity index (χ2v) is 3.54. The van der Waals surface area contributed by atoms with Gasteiger partial charge in [0.15, 0.2) is 0 Å². The highest BCUT2D eigenvalue weighted by molar-refractivity contribution is 5.84. The van der Waals surface area contributed by atoms with Gasteiger partial charge in [0.1, 0.15) is 0 Å². The lowest BCUT2D eigenvalue weighted by molar-refractivity contribution is -0.125. The summed E-state index contributed by atoms with van der Waals surface area (Å²) in [6, 6.07) is 1.80. The van der Waals surface area contributed by atoms with Crippen molar-refractivity contribution in [2.24, 2.45) is 5.73 Å². The van der Waals surface area contributed by atoms with E-state index in [1.807, 2.05) is 0 Å². The van der Waals surface area contributed by atoms with E-state index in [0.717, 1.165) is 5.56 Å². The molecule has 0 aliphatic heterocycles. The van der Waals surface area contributed by atoms with Crippen LogP contribution in [0.25, 0.3) is 0 Å². The third-order valence-corrected chi connectivity index (χ3v) is 1.62. The summed E-state index contributed by atoms with van der Waals surface area (Å²) >= 11 is 0. The fraction of sp³-hybridized carbons (Fsp3) is 0.444. The minimum absolute atomic E-state index is 0.172. The van der Waals surface area contributed by atoms with Crippen LogP contribution in [-0.4, -0.2) is 11.4 Å². The third-order valence-electron chi connectivity index (χ3n) is 1.62. The van der Waals surface area contributed by atoms with E-state index in [0.29, 0.717) is 6.54 Å². The molecule has 1 aromatic rings. The molecule has 1 aromatic heterocycles. The molecule has 0 bridgehead atoms. The summed E-state index contributed by atoms with van der Waals surface area (Å²) in [4.78, 5) is 11.3. The molecule has 1 amide bonds. The number of carbonyl (C=O) groups excluding carboxylic acids is 1. The highest BCUT2D eigenvalue weighted by atomic mass is 16.3. The molecular formula is C9H14N2O2. The van der Waals surface area contributed by atoms with E-state index in [4.69, 9.17) is 10.2 Å². The minimum Gasteiger partial charge on any atom is -0.472 e. The van der Waals surface area contributed by atoms with E-state index in [2.05, 4.69) is 5.32 Å². The number of carbonyl (C=O) groups is 1. The summed E-state index contributed by atoms with van der Waals surface area (Å²) < 4.78 is 4.85. The number of hydrogen-bond donors (Lipinski definition) is 2. The highest BCUT2D eigenvalue weighted by Gasteiger charge is 2.20. The molecule has 1 rings (SSSR count). The zero-order chi connectivity index (χ0) is 9.90. The van der Waals surface area contributed by atoms with Crippen molar-refractivity contribution in [2.45, 2.75) is 25.9 Å². The summed E-state index contributed by atoms with van der Waals surface area (Å²) in [5.74, 6) is -0.172. The fourth-order valence-electron chi connectivity index (χ4n) is 0.803. The molecule has 0 saturated heterocycles. The molecule has 72 valence electrons. The van der Waals surface area contributed by atoms with Crippen LogP contribution in [-0.2, 0) is 11.3 Å². The highest BCUT2D eigenvalue weighted by Crippen LogP contribution is 2.01. The summed E-state index contributed by atoms with van der Waals surface area (Å²) in [5.41, 5.74) is 5.68. The van der Waals surface area contributed by atoms with Gasteiger partial charge in [-0.1, -0.05) is 0 Å². The van der Waals surface area contributed by atoms with Crippen LogP contribution in [0.2, 0.25) is 0 Å². The first-order valence-corrected chi connectivity index (χ1v) is 4.08. The lowest BCUT2D eigenvalue weighted by atomic mass is 10.1. The van der Waals surface area contributed by atoms with Gasteiger partial charge in [0, 0.05) is 12.1 Å². The smallest absolute Gasteiger partial charge is 0.239 e. The van der Waals surface area contributed by atoms with Crippen molar-refractivity contribution in [3.05, 3.63) is 24.2 Å². The maximum atomic E-state index is 11.3. The van der Waals surface area contributed by atoms with Gasteiger partial charge in [-0.2, -0.15) is 0 Å². The van der Waals surface area contributed by atoms with Crippen molar-refractivity contribution >= 4 is 5.91 Å². The first-order chi connectivity index (χ1) is 6.00. The molecule has 0 unspecified atom stereocenters. The number of nitrogens with two attached hydrogens (primary N) is 1. The van der Waals surface area contributed by atoms with Crippen molar-refractivity contribution in [3.63, 3.8) is 0 Å².